The lowest BCUT2D eigenvalue weighted by Crippen LogP contribution is -2.47. The van der Waals surface area contributed by atoms with E-state index in [1.54, 1.807) is 0 Å². The minimum atomic E-state index is -4.49. The molecule has 4 rings (SSSR count). The normalized spacial score (nSPS) is 26.2. The molecular formula is C20H26F3N5. The lowest BCUT2D eigenvalue weighted by atomic mass is 9.67. The second kappa shape index (κ2) is 7.15. The monoisotopic (exact) mass is 393 g/mol. The Morgan fingerprint density at radius 3 is 2.61 bits per heavy atom. The van der Waals surface area contributed by atoms with Crippen molar-refractivity contribution in [2.75, 3.05) is 13.1 Å². The van der Waals surface area contributed by atoms with Crippen LogP contribution in [0.15, 0.2) is 24.3 Å². The van der Waals surface area contributed by atoms with E-state index in [4.69, 9.17) is 5.73 Å². The topological polar surface area (TPSA) is 60.0 Å². The number of halogens is 3. The van der Waals surface area contributed by atoms with E-state index in [0.29, 0.717) is 38.0 Å². The second-order valence-corrected chi connectivity index (χ2v) is 8.13. The molecule has 0 saturated heterocycles. The van der Waals surface area contributed by atoms with Crippen LogP contribution in [0.5, 0.6) is 0 Å². The molecule has 0 atom stereocenters. The van der Waals surface area contributed by atoms with Crippen LogP contribution in [0.4, 0.5) is 13.2 Å². The summed E-state index contributed by atoms with van der Waals surface area (Å²) in [5.74, 6) is -0.623. The fourth-order valence-electron chi connectivity index (χ4n) is 4.69. The summed E-state index contributed by atoms with van der Waals surface area (Å²) in [4.78, 5) is 6.00. The van der Waals surface area contributed by atoms with Gasteiger partial charge in [-0.2, -0.15) is 13.2 Å². The van der Waals surface area contributed by atoms with Crippen LogP contribution in [0.1, 0.15) is 48.5 Å². The molecule has 1 aromatic heterocycles. The van der Waals surface area contributed by atoms with Crippen molar-refractivity contribution in [2.45, 2.75) is 63.3 Å². The van der Waals surface area contributed by atoms with Gasteiger partial charge in [0.15, 0.2) is 0 Å². The fraction of sp³-hybridized carbons (Fsp3) is 0.600. The third-order valence-electron chi connectivity index (χ3n) is 6.40. The highest BCUT2D eigenvalue weighted by Crippen LogP contribution is 2.41. The predicted octanol–water partition coefficient (Wildman–Crippen LogP) is 3.26. The molecule has 1 fully saturated rings. The maximum atomic E-state index is 12.9. The number of aromatic nitrogens is 3. The van der Waals surface area contributed by atoms with E-state index >= 15 is 0 Å². The predicted molar refractivity (Wildman–Crippen MR) is 99.6 cm³/mol. The van der Waals surface area contributed by atoms with Gasteiger partial charge >= 0.3 is 6.18 Å². The van der Waals surface area contributed by atoms with Gasteiger partial charge in [-0.25, -0.2) is 9.67 Å². The number of nitrogens with zero attached hydrogens (tertiary/aromatic N) is 4. The summed E-state index contributed by atoms with van der Waals surface area (Å²) in [6.07, 6.45) is -0.519. The Morgan fingerprint density at radius 1 is 1.21 bits per heavy atom. The first kappa shape index (κ1) is 19.4. The standard InChI is InChI=1S/C20H26F3N5/c1-14-3-2-4-15(11-14)19(13-24)7-5-16(6-8-19)27-9-10-28-17(12-27)25-18(26-28)20(21,22)23/h2-4,11,16H,5-10,12-13,24H2,1H3. The van der Waals surface area contributed by atoms with Crippen LogP contribution in [0.2, 0.25) is 0 Å². The number of benzene rings is 1. The van der Waals surface area contributed by atoms with Crippen molar-refractivity contribution in [2.24, 2.45) is 5.73 Å². The molecule has 1 saturated carbocycles. The smallest absolute Gasteiger partial charge is 0.330 e. The van der Waals surface area contributed by atoms with E-state index in [0.717, 1.165) is 25.7 Å². The molecule has 152 valence electrons. The van der Waals surface area contributed by atoms with Gasteiger partial charge in [0.1, 0.15) is 5.82 Å². The Balaban J connectivity index is 1.45. The van der Waals surface area contributed by atoms with Crippen LogP contribution >= 0.6 is 0 Å². The van der Waals surface area contributed by atoms with Crippen LogP contribution in [0.25, 0.3) is 0 Å². The quantitative estimate of drug-likeness (QED) is 0.870. The van der Waals surface area contributed by atoms with Gasteiger partial charge in [-0.05, 0) is 38.2 Å². The van der Waals surface area contributed by atoms with E-state index in [1.807, 2.05) is 0 Å². The first-order valence-corrected chi connectivity index (χ1v) is 9.83. The molecule has 5 nitrogen and oxygen atoms in total. The number of nitrogens with two attached hydrogens (primary N) is 1. The van der Waals surface area contributed by atoms with Crippen LogP contribution in [-0.2, 0) is 24.7 Å². The Morgan fingerprint density at radius 2 is 1.96 bits per heavy atom. The minimum absolute atomic E-state index is 0.00177. The highest BCUT2D eigenvalue weighted by Gasteiger charge is 2.40. The molecule has 2 aromatic rings. The zero-order valence-electron chi connectivity index (χ0n) is 16.0. The van der Waals surface area contributed by atoms with E-state index in [2.05, 4.69) is 46.2 Å². The Kier molecular flexibility index (Phi) is 4.95. The number of fused-ring (bicyclic) bond motifs is 1. The Bertz CT molecular complexity index is 837. The summed E-state index contributed by atoms with van der Waals surface area (Å²) >= 11 is 0. The third kappa shape index (κ3) is 3.55. The van der Waals surface area contributed by atoms with Crippen molar-refractivity contribution in [1.29, 1.82) is 0 Å². The maximum absolute atomic E-state index is 12.9. The first-order chi connectivity index (χ1) is 13.3. The molecule has 8 heteroatoms. The largest absolute Gasteiger partial charge is 0.453 e. The molecule has 0 radical (unpaired) electrons. The van der Waals surface area contributed by atoms with Gasteiger partial charge < -0.3 is 5.73 Å². The summed E-state index contributed by atoms with van der Waals surface area (Å²) in [6, 6.07) is 8.93. The lowest BCUT2D eigenvalue weighted by Gasteiger charge is -2.44. The van der Waals surface area contributed by atoms with Gasteiger partial charge in [-0.1, -0.05) is 29.8 Å². The molecule has 2 heterocycles. The summed E-state index contributed by atoms with van der Waals surface area (Å²) in [5.41, 5.74) is 8.76. The molecule has 2 N–H and O–H groups in total. The van der Waals surface area contributed by atoms with Gasteiger partial charge in [0.25, 0.3) is 5.82 Å². The van der Waals surface area contributed by atoms with Gasteiger partial charge in [-0.3, -0.25) is 4.90 Å². The molecule has 1 aliphatic carbocycles. The van der Waals surface area contributed by atoms with Crippen LogP contribution in [0, 0.1) is 6.92 Å². The SMILES string of the molecule is Cc1cccc(C2(CN)CCC(N3CCn4nc(C(F)(F)F)nc4C3)CC2)c1. The first-order valence-electron chi connectivity index (χ1n) is 9.83. The number of aryl methyl sites for hydroxylation is 1. The lowest BCUT2D eigenvalue weighted by molar-refractivity contribution is -0.145. The highest BCUT2D eigenvalue weighted by molar-refractivity contribution is 5.31. The molecule has 28 heavy (non-hydrogen) atoms. The molecule has 1 aliphatic heterocycles. The van der Waals surface area contributed by atoms with E-state index < -0.39 is 12.0 Å². The van der Waals surface area contributed by atoms with Crippen molar-refractivity contribution in [3.05, 3.63) is 47.0 Å². The van der Waals surface area contributed by atoms with Crippen molar-refractivity contribution in [3.8, 4) is 0 Å². The highest BCUT2D eigenvalue weighted by atomic mass is 19.4. The number of rotatable bonds is 3. The van der Waals surface area contributed by atoms with Crippen LogP contribution in [0.3, 0.4) is 0 Å². The van der Waals surface area contributed by atoms with Crippen molar-refractivity contribution < 1.29 is 13.2 Å². The molecule has 0 bridgehead atoms. The summed E-state index contributed by atoms with van der Waals surface area (Å²) < 4.78 is 40.0. The van der Waals surface area contributed by atoms with E-state index in [-0.39, 0.29) is 5.41 Å². The minimum Gasteiger partial charge on any atom is -0.330 e. The molecule has 0 unspecified atom stereocenters. The summed E-state index contributed by atoms with van der Waals surface area (Å²) in [6.45, 7) is 4.30. The number of hydrogen-bond donors (Lipinski definition) is 1. The zero-order valence-corrected chi connectivity index (χ0v) is 16.0. The summed E-state index contributed by atoms with van der Waals surface area (Å²) in [5, 5.41) is 3.62. The fourth-order valence-corrected chi connectivity index (χ4v) is 4.69. The molecular weight excluding hydrogens is 367 g/mol. The van der Waals surface area contributed by atoms with Gasteiger partial charge in [0.2, 0.25) is 0 Å². The average molecular weight is 393 g/mol. The average Bonchev–Trinajstić information content (AvgIpc) is 3.12. The Labute approximate surface area is 162 Å². The third-order valence-corrected chi connectivity index (χ3v) is 6.40. The maximum Gasteiger partial charge on any atom is 0.453 e. The molecule has 0 spiro atoms. The van der Waals surface area contributed by atoms with Gasteiger partial charge in [0.05, 0.1) is 13.1 Å². The van der Waals surface area contributed by atoms with Crippen molar-refractivity contribution >= 4 is 0 Å². The van der Waals surface area contributed by atoms with Crippen molar-refractivity contribution in [1.82, 2.24) is 19.7 Å². The van der Waals surface area contributed by atoms with Gasteiger partial charge in [-0.15, -0.1) is 5.10 Å². The summed E-state index contributed by atoms with van der Waals surface area (Å²) in [7, 11) is 0. The van der Waals surface area contributed by atoms with Crippen LogP contribution < -0.4 is 5.73 Å². The van der Waals surface area contributed by atoms with Crippen LogP contribution in [-0.4, -0.2) is 38.8 Å². The molecule has 1 aromatic carbocycles. The van der Waals surface area contributed by atoms with Gasteiger partial charge in [0, 0.05) is 24.5 Å². The zero-order chi connectivity index (χ0) is 19.9. The van der Waals surface area contributed by atoms with E-state index in [9.17, 15) is 13.2 Å². The van der Waals surface area contributed by atoms with Crippen molar-refractivity contribution in [3.63, 3.8) is 0 Å². The Hall–Kier alpha value is -1.93. The molecule has 2 aliphatic rings. The molecule has 0 amide bonds. The number of alkyl halides is 3. The second-order valence-electron chi connectivity index (χ2n) is 8.13. The van der Waals surface area contributed by atoms with E-state index in [1.165, 1.54) is 15.8 Å². The number of hydrogen-bond acceptors (Lipinski definition) is 4.